The predicted molar refractivity (Wildman–Crippen MR) is 66.5 cm³/mol. The molecule has 2 aliphatic heterocycles. The number of carbonyl (C=O) groups excluding carboxylic acids is 1. The summed E-state index contributed by atoms with van der Waals surface area (Å²) in [4.78, 5) is 17.6. The first-order valence-corrected chi connectivity index (χ1v) is 6.96. The number of fused-ring (bicyclic) bond motifs is 1. The molecule has 2 saturated heterocycles. The molecule has 2 aliphatic rings. The van der Waals surface area contributed by atoms with Crippen molar-refractivity contribution in [2.45, 2.75) is 38.4 Å². The number of halogens is 1. The lowest BCUT2D eigenvalue weighted by atomic mass is 9.91. The molecule has 20 heavy (non-hydrogen) atoms. The monoisotopic (exact) mass is 283 g/mol. The van der Waals surface area contributed by atoms with Crippen LogP contribution < -0.4 is 0 Å². The minimum absolute atomic E-state index is 0.00360. The summed E-state index contributed by atoms with van der Waals surface area (Å²) >= 11 is 0. The summed E-state index contributed by atoms with van der Waals surface area (Å²) in [6.07, 6.45) is 1.55. The Balaban J connectivity index is 1.62. The lowest BCUT2D eigenvalue weighted by Crippen LogP contribution is -2.45. The topological polar surface area (TPSA) is 68.5 Å². The number of rotatable bonds is 3. The summed E-state index contributed by atoms with van der Waals surface area (Å²) in [7, 11) is 0. The van der Waals surface area contributed by atoms with Crippen molar-refractivity contribution < 1.29 is 18.4 Å². The lowest BCUT2D eigenvalue weighted by molar-refractivity contribution is -0.136. The van der Waals surface area contributed by atoms with Crippen LogP contribution in [0.25, 0.3) is 0 Å². The quantitative estimate of drug-likeness (QED) is 0.839. The second-order valence-electron chi connectivity index (χ2n) is 5.40. The number of carbonyl (C=O) groups is 1. The summed E-state index contributed by atoms with van der Waals surface area (Å²) < 4.78 is 23.2. The summed E-state index contributed by atoms with van der Waals surface area (Å²) in [6.45, 7) is 2.36. The normalized spacial score (nSPS) is 29.5. The molecule has 0 aromatic carbocycles. The number of aromatic nitrogens is 2. The van der Waals surface area contributed by atoms with Crippen molar-refractivity contribution in [2.75, 3.05) is 19.8 Å². The van der Waals surface area contributed by atoms with Crippen LogP contribution in [-0.2, 0) is 9.53 Å². The third-order valence-corrected chi connectivity index (χ3v) is 4.04. The van der Waals surface area contributed by atoms with Gasteiger partial charge in [-0.15, -0.1) is 0 Å². The zero-order chi connectivity index (χ0) is 14.1. The minimum atomic E-state index is -0.602. The molecule has 3 atom stereocenters. The molecule has 110 valence electrons. The third-order valence-electron chi connectivity index (χ3n) is 4.04. The Kier molecular flexibility index (Phi) is 3.69. The number of likely N-dealkylation sites (tertiary alicyclic amines) is 1. The van der Waals surface area contributed by atoms with Crippen molar-refractivity contribution >= 4 is 5.91 Å². The highest BCUT2D eigenvalue weighted by Gasteiger charge is 2.42. The van der Waals surface area contributed by atoms with Crippen LogP contribution in [0.1, 0.15) is 37.1 Å². The van der Waals surface area contributed by atoms with E-state index in [1.807, 2.05) is 0 Å². The van der Waals surface area contributed by atoms with E-state index in [-0.39, 0.29) is 24.5 Å². The second kappa shape index (κ2) is 5.47. The van der Waals surface area contributed by atoms with E-state index in [0.29, 0.717) is 30.7 Å². The van der Waals surface area contributed by atoms with Gasteiger partial charge >= 0.3 is 0 Å². The van der Waals surface area contributed by atoms with Gasteiger partial charge in [0.05, 0.1) is 19.2 Å². The number of hydrogen-bond acceptors (Lipinski definition) is 5. The Bertz CT molecular complexity index is 493. The maximum atomic E-state index is 12.2. The highest BCUT2D eigenvalue weighted by molar-refractivity contribution is 5.76. The average molecular weight is 283 g/mol. The molecule has 7 heteroatoms. The van der Waals surface area contributed by atoms with E-state index in [1.165, 1.54) is 0 Å². The van der Waals surface area contributed by atoms with Crippen molar-refractivity contribution in [3.63, 3.8) is 0 Å². The molecule has 0 spiro atoms. The van der Waals surface area contributed by atoms with Crippen LogP contribution in [0.5, 0.6) is 0 Å². The van der Waals surface area contributed by atoms with Gasteiger partial charge in [0.1, 0.15) is 6.10 Å². The van der Waals surface area contributed by atoms with Gasteiger partial charge in [-0.1, -0.05) is 5.16 Å². The zero-order valence-corrected chi connectivity index (χ0v) is 11.4. The van der Waals surface area contributed by atoms with Crippen molar-refractivity contribution in [3.8, 4) is 0 Å². The van der Waals surface area contributed by atoms with Crippen LogP contribution in [0.2, 0.25) is 0 Å². The van der Waals surface area contributed by atoms with E-state index >= 15 is 0 Å². The third kappa shape index (κ3) is 2.54. The van der Waals surface area contributed by atoms with Crippen LogP contribution >= 0.6 is 0 Å². The van der Waals surface area contributed by atoms with Gasteiger partial charge < -0.3 is 14.2 Å². The van der Waals surface area contributed by atoms with Crippen molar-refractivity contribution in [3.05, 3.63) is 11.7 Å². The van der Waals surface area contributed by atoms with Gasteiger partial charge in [-0.3, -0.25) is 9.18 Å². The standard InChI is InChI=1S/C13H18FN3O3/c1-8-15-13(16-20-8)10-6-9-3-5-17(7-11(9)19-10)12(18)2-4-14/h9-11H,2-7H2,1H3/t9-,10+,11+/m0/s1. The Labute approximate surface area is 116 Å². The molecule has 1 aromatic rings. The molecular weight excluding hydrogens is 265 g/mol. The number of nitrogens with zero attached hydrogens (tertiary/aromatic N) is 3. The Hall–Kier alpha value is -1.50. The molecular formula is C13H18FN3O3. The second-order valence-corrected chi connectivity index (χ2v) is 5.40. The lowest BCUT2D eigenvalue weighted by Gasteiger charge is -2.33. The van der Waals surface area contributed by atoms with Gasteiger partial charge in [0.15, 0.2) is 0 Å². The van der Waals surface area contributed by atoms with E-state index in [2.05, 4.69) is 10.1 Å². The van der Waals surface area contributed by atoms with E-state index in [0.717, 1.165) is 12.8 Å². The fourth-order valence-electron chi connectivity index (χ4n) is 3.01. The Morgan fingerprint density at radius 3 is 3.10 bits per heavy atom. The summed E-state index contributed by atoms with van der Waals surface area (Å²) in [5.41, 5.74) is 0. The molecule has 3 heterocycles. The van der Waals surface area contributed by atoms with Gasteiger partial charge in [0, 0.05) is 20.0 Å². The number of aryl methyl sites for hydroxylation is 1. The molecule has 0 N–H and O–H groups in total. The SMILES string of the molecule is Cc1nc([C@H]2C[C@@H]3CCN(C(=O)CCF)C[C@H]3O2)no1. The van der Waals surface area contributed by atoms with Gasteiger partial charge in [-0.05, 0) is 18.8 Å². The number of ether oxygens (including phenoxy) is 1. The number of alkyl halides is 1. The fraction of sp³-hybridized carbons (Fsp3) is 0.769. The minimum Gasteiger partial charge on any atom is -0.365 e. The zero-order valence-electron chi connectivity index (χ0n) is 11.4. The van der Waals surface area contributed by atoms with Crippen molar-refractivity contribution in [1.29, 1.82) is 0 Å². The first-order valence-electron chi connectivity index (χ1n) is 6.96. The Morgan fingerprint density at radius 1 is 1.55 bits per heavy atom. The molecule has 6 nitrogen and oxygen atoms in total. The molecule has 1 amide bonds. The van der Waals surface area contributed by atoms with Crippen LogP contribution in [0, 0.1) is 12.8 Å². The van der Waals surface area contributed by atoms with E-state index < -0.39 is 6.67 Å². The molecule has 0 unspecified atom stereocenters. The van der Waals surface area contributed by atoms with Crippen molar-refractivity contribution in [1.82, 2.24) is 15.0 Å². The molecule has 1 aromatic heterocycles. The summed E-state index contributed by atoms with van der Waals surface area (Å²) in [6, 6.07) is 0. The van der Waals surface area contributed by atoms with E-state index in [4.69, 9.17) is 9.26 Å². The first kappa shape index (κ1) is 13.5. The Morgan fingerprint density at radius 2 is 2.40 bits per heavy atom. The molecule has 0 saturated carbocycles. The van der Waals surface area contributed by atoms with Crippen LogP contribution in [0.15, 0.2) is 4.52 Å². The molecule has 0 aliphatic carbocycles. The largest absolute Gasteiger partial charge is 0.365 e. The summed E-state index contributed by atoms with van der Waals surface area (Å²) in [5, 5.41) is 3.90. The fourth-order valence-corrected chi connectivity index (χ4v) is 3.01. The molecule has 3 rings (SSSR count). The highest BCUT2D eigenvalue weighted by Crippen LogP contribution is 2.40. The highest BCUT2D eigenvalue weighted by atomic mass is 19.1. The molecule has 2 fully saturated rings. The van der Waals surface area contributed by atoms with Crippen LogP contribution in [-0.4, -0.2) is 46.8 Å². The number of piperidine rings is 1. The maximum absolute atomic E-state index is 12.2. The van der Waals surface area contributed by atoms with Crippen molar-refractivity contribution in [2.24, 2.45) is 5.92 Å². The summed E-state index contributed by atoms with van der Waals surface area (Å²) in [5.74, 6) is 1.39. The van der Waals surface area contributed by atoms with Crippen LogP contribution in [0.3, 0.4) is 0 Å². The maximum Gasteiger partial charge on any atom is 0.225 e. The van der Waals surface area contributed by atoms with Gasteiger partial charge in [-0.25, -0.2) is 0 Å². The smallest absolute Gasteiger partial charge is 0.225 e. The van der Waals surface area contributed by atoms with Gasteiger partial charge in [0.2, 0.25) is 17.6 Å². The number of hydrogen-bond donors (Lipinski definition) is 0. The van der Waals surface area contributed by atoms with Gasteiger partial charge in [0.25, 0.3) is 0 Å². The molecule has 0 radical (unpaired) electrons. The number of amides is 1. The van der Waals surface area contributed by atoms with Gasteiger partial charge in [-0.2, -0.15) is 4.98 Å². The van der Waals surface area contributed by atoms with E-state index in [1.54, 1.807) is 11.8 Å². The molecule has 0 bridgehead atoms. The first-order chi connectivity index (χ1) is 9.67. The predicted octanol–water partition coefficient (Wildman–Crippen LogP) is 1.42. The van der Waals surface area contributed by atoms with E-state index in [9.17, 15) is 9.18 Å². The van der Waals surface area contributed by atoms with Crippen LogP contribution in [0.4, 0.5) is 4.39 Å². The average Bonchev–Trinajstić information content (AvgIpc) is 3.03.